The molecule has 0 bridgehead atoms. The molecule has 1 aliphatic rings. The summed E-state index contributed by atoms with van der Waals surface area (Å²) in [5.41, 5.74) is 0.455. The first-order valence-electron chi connectivity index (χ1n) is 8.77. The van der Waals surface area contributed by atoms with Crippen LogP contribution in [-0.4, -0.2) is 38.0 Å². The van der Waals surface area contributed by atoms with E-state index in [9.17, 15) is 9.18 Å². The van der Waals surface area contributed by atoms with Gasteiger partial charge in [-0.2, -0.15) is 5.10 Å². The molecule has 0 amide bonds. The van der Waals surface area contributed by atoms with Crippen LogP contribution in [0, 0.1) is 5.82 Å². The van der Waals surface area contributed by atoms with Crippen LogP contribution in [0.3, 0.4) is 0 Å². The number of carbonyl (C=O) groups is 1. The van der Waals surface area contributed by atoms with Gasteiger partial charge in [0.15, 0.2) is 5.78 Å². The SMILES string of the molecule is CC(C)(C)n1ncnc1CN1CCC[C@@H]1CC(=O)c1ccc(F)cc1. The second kappa shape index (κ2) is 7.04. The smallest absolute Gasteiger partial charge is 0.164 e. The van der Waals surface area contributed by atoms with Crippen LogP contribution in [0.25, 0.3) is 0 Å². The molecule has 1 fully saturated rings. The van der Waals surface area contributed by atoms with Gasteiger partial charge in [-0.05, 0) is 64.4 Å². The van der Waals surface area contributed by atoms with Gasteiger partial charge in [0, 0.05) is 18.0 Å². The van der Waals surface area contributed by atoms with Crippen LogP contribution in [0.1, 0.15) is 56.2 Å². The summed E-state index contributed by atoms with van der Waals surface area (Å²) in [5.74, 6) is 0.670. The van der Waals surface area contributed by atoms with Gasteiger partial charge >= 0.3 is 0 Å². The maximum Gasteiger partial charge on any atom is 0.164 e. The van der Waals surface area contributed by atoms with E-state index >= 15 is 0 Å². The third-order valence-corrected chi connectivity index (χ3v) is 4.68. The Hall–Kier alpha value is -2.08. The summed E-state index contributed by atoms with van der Waals surface area (Å²) >= 11 is 0. The lowest BCUT2D eigenvalue weighted by Crippen LogP contribution is -2.34. The highest BCUT2D eigenvalue weighted by molar-refractivity contribution is 5.96. The molecule has 0 N–H and O–H groups in total. The molecule has 5 nitrogen and oxygen atoms in total. The number of nitrogens with zero attached hydrogens (tertiary/aromatic N) is 4. The maximum absolute atomic E-state index is 13.0. The quantitative estimate of drug-likeness (QED) is 0.780. The molecule has 3 rings (SSSR count). The Morgan fingerprint density at radius 2 is 2.00 bits per heavy atom. The molecule has 0 unspecified atom stereocenters. The first-order valence-corrected chi connectivity index (χ1v) is 8.77. The van der Waals surface area contributed by atoms with E-state index in [2.05, 4.69) is 35.8 Å². The van der Waals surface area contributed by atoms with Crippen molar-refractivity contribution in [3.05, 3.63) is 47.8 Å². The molecular weight excluding hydrogens is 319 g/mol. The number of halogens is 1. The third kappa shape index (κ3) is 4.12. The summed E-state index contributed by atoms with van der Waals surface area (Å²) in [6.45, 7) is 7.96. The predicted molar refractivity (Wildman–Crippen MR) is 93.8 cm³/mol. The molecule has 1 saturated heterocycles. The average Bonchev–Trinajstić information content (AvgIpc) is 3.18. The van der Waals surface area contributed by atoms with Crippen molar-refractivity contribution in [1.82, 2.24) is 19.7 Å². The topological polar surface area (TPSA) is 51.0 Å². The Labute approximate surface area is 147 Å². The van der Waals surface area contributed by atoms with Gasteiger partial charge in [-0.25, -0.2) is 14.1 Å². The fourth-order valence-corrected chi connectivity index (χ4v) is 3.42. The minimum Gasteiger partial charge on any atom is -0.294 e. The highest BCUT2D eigenvalue weighted by Gasteiger charge is 2.29. The fourth-order valence-electron chi connectivity index (χ4n) is 3.42. The Bertz CT molecular complexity index is 733. The molecule has 25 heavy (non-hydrogen) atoms. The Balaban J connectivity index is 1.68. The van der Waals surface area contributed by atoms with Crippen LogP contribution in [-0.2, 0) is 12.1 Å². The van der Waals surface area contributed by atoms with E-state index in [0.717, 1.165) is 25.2 Å². The van der Waals surface area contributed by atoms with Crippen molar-refractivity contribution in [2.24, 2.45) is 0 Å². The molecular formula is C19H25FN4O. The van der Waals surface area contributed by atoms with Crippen molar-refractivity contribution in [3.63, 3.8) is 0 Å². The van der Waals surface area contributed by atoms with E-state index in [4.69, 9.17) is 0 Å². The lowest BCUT2D eigenvalue weighted by molar-refractivity contribution is 0.0935. The number of Topliss-reactive ketones (excluding diaryl/α,β-unsaturated/α-hetero) is 1. The van der Waals surface area contributed by atoms with Crippen LogP contribution >= 0.6 is 0 Å². The van der Waals surface area contributed by atoms with Gasteiger partial charge in [-0.15, -0.1) is 0 Å². The minimum atomic E-state index is -0.319. The minimum absolute atomic E-state index is 0.0641. The highest BCUT2D eigenvalue weighted by atomic mass is 19.1. The summed E-state index contributed by atoms with van der Waals surface area (Å²) in [5, 5.41) is 4.35. The summed E-state index contributed by atoms with van der Waals surface area (Å²) in [6, 6.07) is 6.00. The van der Waals surface area contributed by atoms with Crippen LogP contribution in [0.2, 0.25) is 0 Å². The number of rotatable bonds is 5. The molecule has 1 atom stereocenters. The predicted octanol–water partition coefficient (Wildman–Crippen LogP) is 3.41. The van der Waals surface area contributed by atoms with Gasteiger partial charge in [0.2, 0.25) is 0 Å². The Morgan fingerprint density at radius 3 is 2.68 bits per heavy atom. The zero-order valence-electron chi connectivity index (χ0n) is 15.1. The lowest BCUT2D eigenvalue weighted by atomic mass is 10.0. The first kappa shape index (κ1) is 17.7. The molecule has 134 valence electrons. The number of aromatic nitrogens is 3. The van der Waals surface area contributed by atoms with Crippen LogP contribution in [0.15, 0.2) is 30.6 Å². The molecule has 1 aromatic carbocycles. The van der Waals surface area contributed by atoms with E-state index in [-0.39, 0.29) is 23.2 Å². The van der Waals surface area contributed by atoms with Gasteiger partial charge < -0.3 is 0 Å². The summed E-state index contributed by atoms with van der Waals surface area (Å²) in [7, 11) is 0. The molecule has 0 saturated carbocycles. The second-order valence-electron chi connectivity index (χ2n) is 7.66. The van der Waals surface area contributed by atoms with E-state index in [0.29, 0.717) is 18.5 Å². The molecule has 6 heteroatoms. The van der Waals surface area contributed by atoms with E-state index in [1.807, 2.05) is 4.68 Å². The third-order valence-electron chi connectivity index (χ3n) is 4.68. The molecule has 2 aromatic rings. The lowest BCUT2D eigenvalue weighted by Gasteiger charge is -2.26. The number of carbonyl (C=O) groups excluding carboxylic acids is 1. The average molecular weight is 344 g/mol. The normalized spacial score (nSPS) is 18.6. The molecule has 0 aliphatic carbocycles. The zero-order valence-corrected chi connectivity index (χ0v) is 15.1. The van der Waals surface area contributed by atoms with Crippen LogP contribution in [0.5, 0.6) is 0 Å². The van der Waals surface area contributed by atoms with Gasteiger partial charge in [-0.1, -0.05) is 0 Å². The monoisotopic (exact) mass is 344 g/mol. The van der Waals surface area contributed by atoms with Crippen molar-refractivity contribution < 1.29 is 9.18 Å². The first-order chi connectivity index (χ1) is 11.8. The number of hydrogen-bond acceptors (Lipinski definition) is 4. The van der Waals surface area contributed by atoms with Crippen molar-refractivity contribution in [1.29, 1.82) is 0 Å². The number of likely N-dealkylation sites (tertiary alicyclic amines) is 1. The standard InChI is InChI=1S/C19H25FN4O/c1-19(2,3)24-18(21-13-22-24)12-23-10-4-5-16(23)11-17(25)14-6-8-15(20)9-7-14/h6-9,13,16H,4-5,10-12H2,1-3H3/t16-/m1/s1. The van der Waals surface area contributed by atoms with E-state index in [1.165, 1.54) is 12.1 Å². The molecule has 2 heterocycles. The van der Waals surface area contributed by atoms with Gasteiger partial charge in [-0.3, -0.25) is 9.69 Å². The van der Waals surface area contributed by atoms with Crippen LogP contribution in [0.4, 0.5) is 4.39 Å². The number of ketones is 1. The van der Waals surface area contributed by atoms with Gasteiger partial charge in [0.1, 0.15) is 18.0 Å². The Kier molecular flexibility index (Phi) is 4.99. The summed E-state index contributed by atoms with van der Waals surface area (Å²) in [4.78, 5) is 19.2. The number of hydrogen-bond donors (Lipinski definition) is 0. The molecule has 1 aliphatic heterocycles. The Morgan fingerprint density at radius 1 is 1.28 bits per heavy atom. The summed E-state index contributed by atoms with van der Waals surface area (Å²) < 4.78 is 15.0. The second-order valence-corrected chi connectivity index (χ2v) is 7.66. The van der Waals surface area contributed by atoms with Crippen molar-refractivity contribution in [3.8, 4) is 0 Å². The van der Waals surface area contributed by atoms with E-state index < -0.39 is 0 Å². The van der Waals surface area contributed by atoms with Crippen molar-refractivity contribution in [2.45, 2.75) is 58.2 Å². The highest BCUT2D eigenvalue weighted by Crippen LogP contribution is 2.25. The largest absolute Gasteiger partial charge is 0.294 e. The summed E-state index contributed by atoms with van der Waals surface area (Å²) in [6.07, 6.45) is 4.12. The zero-order chi connectivity index (χ0) is 18.0. The molecule has 0 radical (unpaired) electrons. The van der Waals surface area contributed by atoms with Gasteiger partial charge in [0.25, 0.3) is 0 Å². The van der Waals surface area contributed by atoms with Gasteiger partial charge in [0.05, 0.1) is 12.1 Å². The van der Waals surface area contributed by atoms with E-state index in [1.54, 1.807) is 18.5 Å². The number of benzene rings is 1. The van der Waals surface area contributed by atoms with Crippen LogP contribution < -0.4 is 0 Å². The van der Waals surface area contributed by atoms with Crippen molar-refractivity contribution in [2.75, 3.05) is 6.54 Å². The van der Waals surface area contributed by atoms with Crippen molar-refractivity contribution >= 4 is 5.78 Å². The maximum atomic E-state index is 13.0. The fraction of sp³-hybridized carbons (Fsp3) is 0.526. The molecule has 1 aromatic heterocycles. The molecule has 0 spiro atoms.